The van der Waals surface area contributed by atoms with E-state index in [9.17, 15) is 40.0 Å². The Bertz CT molecular complexity index is 1360. The Balaban J connectivity index is 2.01. The monoisotopic (exact) mass is 454 g/mol. The van der Waals surface area contributed by atoms with Gasteiger partial charge in [-0.1, -0.05) is 24.4 Å². The highest BCUT2D eigenvalue weighted by atomic mass is 32.1. The molecule has 0 amide bonds. The Morgan fingerprint density at radius 2 is 1.56 bits per heavy atom. The fourth-order valence-corrected chi connectivity index (χ4v) is 3.69. The molecule has 0 radical (unpaired) electrons. The van der Waals surface area contributed by atoms with Crippen LogP contribution in [0.25, 0.3) is 0 Å². The van der Waals surface area contributed by atoms with E-state index in [1.54, 1.807) is 12.2 Å². The first-order chi connectivity index (χ1) is 15.1. The minimum absolute atomic E-state index is 0.0977. The van der Waals surface area contributed by atoms with E-state index < -0.39 is 72.3 Å². The lowest BCUT2D eigenvalue weighted by molar-refractivity contribution is -0.385. The molecule has 12 heteroatoms. The van der Waals surface area contributed by atoms with Crippen LogP contribution in [0.1, 0.15) is 38.3 Å². The normalized spacial score (nSPS) is 14.5. The first-order valence-electron chi connectivity index (χ1n) is 8.85. The van der Waals surface area contributed by atoms with E-state index in [-0.39, 0.29) is 5.76 Å². The van der Waals surface area contributed by atoms with Crippen molar-refractivity contribution < 1.29 is 34.4 Å². The summed E-state index contributed by atoms with van der Waals surface area (Å²) in [6, 6.07) is 2.38. The maximum Gasteiger partial charge on any atom is 0.285 e. The van der Waals surface area contributed by atoms with E-state index in [4.69, 9.17) is 17.0 Å². The van der Waals surface area contributed by atoms with Crippen LogP contribution in [0.15, 0.2) is 42.2 Å². The third-order valence-corrected chi connectivity index (χ3v) is 5.26. The Kier molecular flexibility index (Phi) is 4.78. The average Bonchev–Trinajstić information content (AvgIpc) is 2.74. The van der Waals surface area contributed by atoms with Gasteiger partial charge in [-0.05, 0) is 12.1 Å². The summed E-state index contributed by atoms with van der Waals surface area (Å²) >= 11 is 5.15. The van der Waals surface area contributed by atoms with Gasteiger partial charge in [0.25, 0.3) is 11.4 Å². The van der Waals surface area contributed by atoms with Crippen LogP contribution >= 0.6 is 12.2 Å². The molecule has 0 heterocycles. The van der Waals surface area contributed by atoms with Crippen LogP contribution in [0.2, 0.25) is 0 Å². The zero-order valence-corrected chi connectivity index (χ0v) is 16.5. The topological polar surface area (TPSA) is 170 Å². The lowest BCUT2D eigenvalue weighted by Crippen LogP contribution is -2.24. The predicted molar refractivity (Wildman–Crippen MR) is 111 cm³/mol. The molecule has 2 aromatic rings. The second kappa shape index (κ2) is 7.35. The maximum atomic E-state index is 13.1. The standard InChI is InChI=1S/C20H10N2O9S/c23-10-6-5-8(21(27)28)14-16(10)20(26)17-15(19(14)25)9(22(29)30)7-12(18(17)24)31-11-3-1-2-4-13(11)32/h1-3,5-7,23-24H,4H2. The molecule has 0 saturated carbocycles. The number of carbonyl (C=O) groups excluding carboxylic acids is 2. The molecule has 2 aromatic carbocycles. The van der Waals surface area contributed by atoms with Gasteiger partial charge in [0.1, 0.15) is 22.6 Å². The smallest absolute Gasteiger partial charge is 0.285 e. The number of thiocarbonyl (C=S) groups is 1. The molecular weight excluding hydrogens is 444 g/mol. The van der Waals surface area contributed by atoms with Gasteiger partial charge in [-0.15, -0.1) is 0 Å². The van der Waals surface area contributed by atoms with Crippen molar-refractivity contribution in [3.05, 3.63) is 84.7 Å². The van der Waals surface area contributed by atoms with E-state index in [1.807, 2.05) is 0 Å². The van der Waals surface area contributed by atoms with Gasteiger partial charge in [0, 0.05) is 12.5 Å². The number of ether oxygens (including phenoxy) is 1. The third-order valence-electron chi connectivity index (χ3n) is 4.89. The molecule has 0 saturated heterocycles. The Morgan fingerprint density at radius 3 is 2.19 bits per heavy atom. The van der Waals surface area contributed by atoms with Crippen molar-refractivity contribution in [3.63, 3.8) is 0 Å². The number of carbonyl (C=O) groups is 2. The largest absolute Gasteiger partial charge is 0.507 e. The number of ketones is 2. The number of nitrogens with zero attached hydrogens (tertiary/aromatic N) is 2. The SMILES string of the molecule is O=C1c2c([N+](=O)[O-])ccc(O)c2C(=O)c2c(O)c(OC3=CC=CCC3=S)cc([N+](=O)[O-])c21. The molecule has 11 nitrogen and oxygen atoms in total. The van der Waals surface area contributed by atoms with Crippen molar-refractivity contribution in [2.24, 2.45) is 0 Å². The molecule has 4 rings (SSSR count). The molecule has 0 aliphatic heterocycles. The lowest BCUT2D eigenvalue weighted by Gasteiger charge is -2.21. The van der Waals surface area contributed by atoms with Crippen LogP contribution in [0.3, 0.4) is 0 Å². The van der Waals surface area contributed by atoms with Crippen molar-refractivity contribution >= 4 is 40.0 Å². The first-order valence-corrected chi connectivity index (χ1v) is 9.26. The number of hydrogen-bond donors (Lipinski definition) is 2. The fourth-order valence-electron chi connectivity index (χ4n) is 3.48. The van der Waals surface area contributed by atoms with Gasteiger partial charge in [-0.3, -0.25) is 29.8 Å². The lowest BCUT2D eigenvalue weighted by atomic mass is 9.81. The molecule has 0 bridgehead atoms. The van der Waals surface area contributed by atoms with E-state index >= 15 is 0 Å². The molecule has 2 N–H and O–H groups in total. The summed E-state index contributed by atoms with van der Waals surface area (Å²) in [5.74, 6) is -4.56. The second-order valence-corrected chi connectivity index (χ2v) is 7.20. The number of phenolic OH excluding ortho intramolecular Hbond substituents is 2. The molecule has 32 heavy (non-hydrogen) atoms. The number of benzene rings is 2. The van der Waals surface area contributed by atoms with Crippen molar-refractivity contribution in [2.75, 3.05) is 0 Å². The number of nitro groups is 2. The van der Waals surface area contributed by atoms with Crippen molar-refractivity contribution in [1.82, 2.24) is 0 Å². The molecular formula is C20H10N2O9S. The van der Waals surface area contributed by atoms with Crippen molar-refractivity contribution in [1.29, 1.82) is 0 Å². The van der Waals surface area contributed by atoms with Crippen LogP contribution in [0, 0.1) is 20.2 Å². The van der Waals surface area contributed by atoms with E-state index in [1.165, 1.54) is 6.08 Å². The summed E-state index contributed by atoms with van der Waals surface area (Å²) in [5, 5.41) is 43.9. The number of fused-ring (bicyclic) bond motifs is 2. The number of nitro benzene ring substituents is 2. The van der Waals surface area contributed by atoms with Gasteiger partial charge >= 0.3 is 0 Å². The Morgan fingerprint density at radius 1 is 0.938 bits per heavy atom. The Labute approximate surface area is 183 Å². The zero-order chi connectivity index (χ0) is 23.3. The molecule has 2 aliphatic carbocycles. The highest BCUT2D eigenvalue weighted by Gasteiger charge is 2.44. The molecule has 0 atom stereocenters. The molecule has 0 unspecified atom stereocenters. The minimum Gasteiger partial charge on any atom is -0.507 e. The third kappa shape index (κ3) is 3.01. The summed E-state index contributed by atoms with van der Waals surface area (Å²) in [4.78, 5) is 47.7. The Hall–Kier alpha value is -4.45. The van der Waals surface area contributed by atoms with E-state index in [0.717, 1.165) is 18.2 Å². The molecule has 160 valence electrons. The highest BCUT2D eigenvalue weighted by Crippen LogP contribution is 2.47. The number of phenols is 2. The van der Waals surface area contributed by atoms with Crippen LogP contribution in [0.5, 0.6) is 17.2 Å². The van der Waals surface area contributed by atoms with E-state index in [2.05, 4.69) is 0 Å². The van der Waals surface area contributed by atoms with Gasteiger partial charge in [-0.2, -0.15) is 0 Å². The van der Waals surface area contributed by atoms with Gasteiger partial charge in [0.05, 0.1) is 31.9 Å². The maximum absolute atomic E-state index is 13.1. The van der Waals surface area contributed by atoms with Crippen LogP contribution in [0.4, 0.5) is 11.4 Å². The van der Waals surface area contributed by atoms with Gasteiger partial charge in [0.15, 0.2) is 11.5 Å². The average molecular weight is 454 g/mol. The van der Waals surface area contributed by atoms with Crippen LogP contribution in [-0.4, -0.2) is 36.5 Å². The summed E-state index contributed by atoms with van der Waals surface area (Å²) in [6.07, 6.45) is 5.14. The quantitative estimate of drug-likeness (QED) is 0.339. The molecule has 0 fully saturated rings. The van der Waals surface area contributed by atoms with Crippen molar-refractivity contribution in [3.8, 4) is 17.2 Å². The van der Waals surface area contributed by atoms with Gasteiger partial charge in [0.2, 0.25) is 11.6 Å². The van der Waals surface area contributed by atoms with Gasteiger partial charge in [-0.25, -0.2) is 0 Å². The molecule has 0 spiro atoms. The van der Waals surface area contributed by atoms with Crippen LogP contribution < -0.4 is 4.74 Å². The number of allylic oxidation sites excluding steroid dienone is 4. The van der Waals surface area contributed by atoms with Crippen molar-refractivity contribution in [2.45, 2.75) is 6.42 Å². The summed E-state index contributed by atoms with van der Waals surface area (Å²) in [7, 11) is 0. The summed E-state index contributed by atoms with van der Waals surface area (Å²) in [6.45, 7) is 0. The predicted octanol–water partition coefficient (Wildman–Crippen LogP) is 3.28. The number of hydrogen-bond acceptors (Lipinski definition) is 10. The molecule has 2 aliphatic rings. The first kappa shape index (κ1) is 20.8. The van der Waals surface area contributed by atoms with Gasteiger partial charge < -0.3 is 14.9 Å². The minimum atomic E-state index is -1.26. The molecule has 0 aromatic heterocycles. The summed E-state index contributed by atoms with van der Waals surface area (Å²) < 4.78 is 5.50. The summed E-state index contributed by atoms with van der Waals surface area (Å²) in [5.41, 5.74) is -4.92. The van der Waals surface area contributed by atoms with Crippen LogP contribution in [-0.2, 0) is 0 Å². The highest BCUT2D eigenvalue weighted by molar-refractivity contribution is 7.80. The number of aromatic hydroxyl groups is 2. The number of rotatable bonds is 4. The zero-order valence-electron chi connectivity index (χ0n) is 15.7. The van der Waals surface area contributed by atoms with E-state index in [0.29, 0.717) is 11.3 Å². The second-order valence-electron chi connectivity index (χ2n) is 6.71. The fraction of sp³-hybridized carbons (Fsp3) is 0.0500.